The Kier molecular flexibility index (Phi) is 6.73. The summed E-state index contributed by atoms with van der Waals surface area (Å²) in [6.07, 6.45) is 18.0. The fourth-order valence-corrected chi connectivity index (χ4v) is 4.60. The molecular weight excluding hydrogens is 338 g/mol. The molecule has 2 aliphatic carbocycles. The molecule has 0 aromatic carbocycles. The number of aliphatic hydroxyl groups is 1. The smallest absolute Gasteiger partial charge is 0.223 e. The molecule has 0 unspecified atom stereocenters. The van der Waals surface area contributed by atoms with Crippen LogP contribution in [0.1, 0.15) is 76.0 Å². The summed E-state index contributed by atoms with van der Waals surface area (Å²) in [6.45, 7) is 1.96. The number of terminal acetylenes is 1. The molecule has 2 fully saturated rings. The number of nitrogens with one attached hydrogen (secondary N) is 1. The Morgan fingerprint density at radius 3 is 2.78 bits per heavy atom. The van der Waals surface area contributed by atoms with Crippen molar-refractivity contribution in [1.82, 2.24) is 9.97 Å². The van der Waals surface area contributed by atoms with Crippen molar-refractivity contribution in [2.45, 2.75) is 88.9 Å². The van der Waals surface area contributed by atoms with E-state index in [1.54, 1.807) is 13.3 Å². The molecule has 2 aliphatic rings. The van der Waals surface area contributed by atoms with E-state index in [1.165, 1.54) is 0 Å². The summed E-state index contributed by atoms with van der Waals surface area (Å²) in [5.74, 6) is 3.82. The lowest BCUT2D eigenvalue weighted by Crippen LogP contribution is -2.30. The second-order valence-corrected chi connectivity index (χ2v) is 8.57. The van der Waals surface area contributed by atoms with Gasteiger partial charge in [0, 0.05) is 19.3 Å². The molecule has 0 aliphatic heterocycles. The van der Waals surface area contributed by atoms with Crippen molar-refractivity contribution in [2.75, 3.05) is 12.4 Å². The minimum absolute atomic E-state index is 0.381. The second kappa shape index (κ2) is 9.03. The monoisotopic (exact) mass is 371 g/mol. The summed E-state index contributed by atoms with van der Waals surface area (Å²) in [6, 6.07) is 0.388. The molecule has 0 bridgehead atoms. The van der Waals surface area contributed by atoms with Crippen molar-refractivity contribution in [3.63, 3.8) is 0 Å². The summed E-state index contributed by atoms with van der Waals surface area (Å²) in [5, 5.41) is 14.0. The molecule has 2 saturated carbocycles. The maximum absolute atomic E-state index is 10.5. The molecule has 1 heterocycles. The fraction of sp³-hybridized carbons (Fsp3) is 0.727. The highest BCUT2D eigenvalue weighted by molar-refractivity contribution is 5.39. The standard InChI is InChI=1S/C22H33N3O2/c1-4-17-15-23-21(24-18-8-10-19(27-3)11-9-18)25-20(17)13-16-7-5-6-12-22(2,26)14-16/h1,15-16,18-19,26H,5-14H2,2-3H3,(H,23,24,25)/t16-,18?,19?,22-/m0/s1. The highest BCUT2D eigenvalue weighted by Gasteiger charge is 2.29. The van der Waals surface area contributed by atoms with Gasteiger partial charge in [0.1, 0.15) is 0 Å². The Bertz CT molecular complexity index is 660. The number of hydrogen-bond donors (Lipinski definition) is 2. The van der Waals surface area contributed by atoms with Crippen LogP contribution in [0.25, 0.3) is 0 Å². The summed E-state index contributed by atoms with van der Waals surface area (Å²) in [5.41, 5.74) is 1.13. The fourth-order valence-electron chi connectivity index (χ4n) is 4.60. The maximum atomic E-state index is 10.5. The zero-order chi connectivity index (χ0) is 19.3. The van der Waals surface area contributed by atoms with Crippen LogP contribution in [0.15, 0.2) is 6.20 Å². The topological polar surface area (TPSA) is 67.3 Å². The summed E-state index contributed by atoms with van der Waals surface area (Å²) in [7, 11) is 1.79. The van der Waals surface area contributed by atoms with E-state index in [9.17, 15) is 5.11 Å². The number of nitrogens with zero attached hydrogens (tertiary/aromatic N) is 2. The predicted molar refractivity (Wildman–Crippen MR) is 108 cm³/mol. The highest BCUT2D eigenvalue weighted by Crippen LogP contribution is 2.33. The third-order valence-corrected chi connectivity index (χ3v) is 6.15. The quantitative estimate of drug-likeness (QED) is 0.610. The minimum Gasteiger partial charge on any atom is -0.390 e. The lowest BCUT2D eigenvalue weighted by molar-refractivity contribution is 0.0318. The second-order valence-electron chi connectivity index (χ2n) is 8.57. The van der Waals surface area contributed by atoms with Gasteiger partial charge >= 0.3 is 0 Å². The van der Waals surface area contributed by atoms with Crippen molar-refractivity contribution < 1.29 is 9.84 Å². The van der Waals surface area contributed by atoms with E-state index >= 15 is 0 Å². The SMILES string of the molecule is C#Cc1cnc(NC2CCC(OC)CC2)nc1C[C@@H]1CCCC[C@](C)(O)C1. The molecule has 0 saturated heterocycles. The van der Waals surface area contributed by atoms with Crippen molar-refractivity contribution >= 4 is 5.95 Å². The van der Waals surface area contributed by atoms with E-state index in [2.05, 4.69) is 16.2 Å². The zero-order valence-corrected chi connectivity index (χ0v) is 16.7. The predicted octanol–water partition coefficient (Wildman–Crippen LogP) is 3.70. The molecule has 0 spiro atoms. The molecule has 27 heavy (non-hydrogen) atoms. The lowest BCUT2D eigenvalue weighted by Gasteiger charge is -2.28. The van der Waals surface area contributed by atoms with E-state index in [-0.39, 0.29) is 0 Å². The van der Waals surface area contributed by atoms with E-state index in [0.29, 0.717) is 24.0 Å². The average Bonchev–Trinajstić information content (AvgIpc) is 2.82. The highest BCUT2D eigenvalue weighted by atomic mass is 16.5. The molecule has 5 heteroatoms. The van der Waals surface area contributed by atoms with Gasteiger partial charge < -0.3 is 15.2 Å². The molecule has 0 radical (unpaired) electrons. The molecule has 1 aromatic rings. The van der Waals surface area contributed by atoms with E-state index < -0.39 is 5.60 Å². The Hall–Kier alpha value is -1.64. The first-order valence-corrected chi connectivity index (χ1v) is 10.3. The molecule has 0 amide bonds. The molecule has 3 rings (SSSR count). The minimum atomic E-state index is -0.578. The van der Waals surface area contributed by atoms with Gasteiger partial charge in [-0.25, -0.2) is 9.97 Å². The first-order valence-electron chi connectivity index (χ1n) is 10.3. The molecule has 148 valence electrons. The third kappa shape index (κ3) is 5.67. The van der Waals surface area contributed by atoms with Gasteiger partial charge in [0.2, 0.25) is 5.95 Å². The molecule has 2 atom stereocenters. The number of methoxy groups -OCH3 is 1. The van der Waals surface area contributed by atoms with Crippen LogP contribution in [0.4, 0.5) is 5.95 Å². The van der Waals surface area contributed by atoms with Crippen molar-refractivity contribution in [3.05, 3.63) is 17.5 Å². The Morgan fingerprint density at radius 1 is 1.30 bits per heavy atom. The Balaban J connectivity index is 1.67. The van der Waals surface area contributed by atoms with Gasteiger partial charge in [0.25, 0.3) is 0 Å². The van der Waals surface area contributed by atoms with Gasteiger partial charge in [-0.15, -0.1) is 6.42 Å². The van der Waals surface area contributed by atoms with Gasteiger partial charge in [0.05, 0.1) is 23.0 Å². The number of ether oxygens (including phenoxy) is 1. The third-order valence-electron chi connectivity index (χ3n) is 6.15. The van der Waals surface area contributed by atoms with Gasteiger partial charge in [0.15, 0.2) is 0 Å². The van der Waals surface area contributed by atoms with Crippen molar-refractivity contribution in [2.24, 2.45) is 5.92 Å². The number of hydrogen-bond acceptors (Lipinski definition) is 5. The van der Waals surface area contributed by atoms with Crippen LogP contribution in [-0.4, -0.2) is 39.9 Å². The molecule has 2 N–H and O–H groups in total. The zero-order valence-electron chi connectivity index (χ0n) is 16.7. The number of rotatable bonds is 5. The van der Waals surface area contributed by atoms with Crippen LogP contribution in [0.2, 0.25) is 0 Å². The van der Waals surface area contributed by atoms with Crippen LogP contribution < -0.4 is 5.32 Å². The molecule has 5 nitrogen and oxygen atoms in total. The molecule has 1 aromatic heterocycles. The van der Waals surface area contributed by atoms with E-state index in [1.807, 2.05) is 6.92 Å². The Morgan fingerprint density at radius 2 is 2.07 bits per heavy atom. The van der Waals surface area contributed by atoms with Gasteiger partial charge in [-0.3, -0.25) is 0 Å². The number of anilines is 1. The normalized spacial score (nSPS) is 31.7. The van der Waals surface area contributed by atoms with Crippen molar-refractivity contribution in [1.29, 1.82) is 0 Å². The lowest BCUT2D eigenvalue weighted by atomic mass is 9.87. The summed E-state index contributed by atoms with van der Waals surface area (Å²) in [4.78, 5) is 9.21. The Labute approximate surface area is 163 Å². The van der Waals surface area contributed by atoms with Gasteiger partial charge in [-0.05, 0) is 64.2 Å². The summed E-state index contributed by atoms with van der Waals surface area (Å²) < 4.78 is 5.45. The van der Waals surface area contributed by atoms with Gasteiger partial charge in [-0.1, -0.05) is 18.8 Å². The maximum Gasteiger partial charge on any atom is 0.223 e. The van der Waals surface area contributed by atoms with Crippen LogP contribution in [-0.2, 0) is 11.2 Å². The van der Waals surface area contributed by atoms with E-state index in [0.717, 1.165) is 75.5 Å². The molecular formula is C22H33N3O2. The first-order chi connectivity index (χ1) is 13.0. The van der Waals surface area contributed by atoms with Crippen LogP contribution in [0, 0.1) is 18.3 Å². The number of aromatic nitrogens is 2. The average molecular weight is 372 g/mol. The van der Waals surface area contributed by atoms with Crippen LogP contribution in [0.5, 0.6) is 0 Å². The van der Waals surface area contributed by atoms with Gasteiger partial charge in [-0.2, -0.15) is 0 Å². The summed E-state index contributed by atoms with van der Waals surface area (Å²) >= 11 is 0. The first kappa shape index (κ1) is 20.1. The van der Waals surface area contributed by atoms with Crippen LogP contribution >= 0.6 is 0 Å². The van der Waals surface area contributed by atoms with E-state index in [4.69, 9.17) is 16.1 Å². The van der Waals surface area contributed by atoms with Crippen molar-refractivity contribution in [3.8, 4) is 12.3 Å². The van der Waals surface area contributed by atoms with Crippen LogP contribution in [0.3, 0.4) is 0 Å². The largest absolute Gasteiger partial charge is 0.390 e.